The number of rotatable bonds is 3. The minimum atomic E-state index is 0.460. The second-order valence-corrected chi connectivity index (χ2v) is 7.08. The molecule has 4 heterocycles. The monoisotopic (exact) mass is 368 g/mol. The van der Waals surface area contributed by atoms with Crippen molar-refractivity contribution in [3.8, 4) is 11.3 Å². The predicted octanol–water partition coefficient (Wildman–Crippen LogP) is 3.09. The topological polar surface area (TPSA) is 72.9 Å². The smallest absolute Gasteiger partial charge is 0.129 e. The summed E-state index contributed by atoms with van der Waals surface area (Å²) >= 11 is 6.43. The SMILES string of the molecule is Cc1cnc(-c2cc(N3CCn4cc(CN)nc4C3)ncc2Cl)c(C)c1. The Morgan fingerprint density at radius 2 is 2.00 bits per heavy atom. The number of anilines is 1. The van der Waals surface area contributed by atoms with Crippen LogP contribution in [-0.2, 0) is 19.6 Å². The highest BCUT2D eigenvalue weighted by molar-refractivity contribution is 6.33. The number of pyridine rings is 2. The highest BCUT2D eigenvalue weighted by Gasteiger charge is 2.21. The number of aromatic nitrogens is 4. The number of nitrogens with zero attached hydrogens (tertiary/aromatic N) is 5. The van der Waals surface area contributed by atoms with E-state index in [4.69, 9.17) is 17.3 Å². The Morgan fingerprint density at radius 3 is 2.77 bits per heavy atom. The number of aryl methyl sites for hydroxylation is 2. The Bertz CT molecular complexity index is 965. The van der Waals surface area contributed by atoms with Gasteiger partial charge >= 0.3 is 0 Å². The van der Waals surface area contributed by atoms with Crippen LogP contribution in [0, 0.1) is 13.8 Å². The van der Waals surface area contributed by atoms with E-state index in [0.717, 1.165) is 52.8 Å². The van der Waals surface area contributed by atoms with Gasteiger partial charge in [0.25, 0.3) is 0 Å². The number of fused-ring (bicyclic) bond motifs is 1. The second kappa shape index (κ2) is 6.70. The van der Waals surface area contributed by atoms with Crippen LogP contribution < -0.4 is 10.6 Å². The summed E-state index contributed by atoms with van der Waals surface area (Å²) in [4.78, 5) is 15.9. The molecular formula is C19H21ClN6. The maximum absolute atomic E-state index is 6.43. The first-order valence-corrected chi connectivity index (χ1v) is 9.02. The van der Waals surface area contributed by atoms with E-state index in [1.807, 2.05) is 25.4 Å². The maximum Gasteiger partial charge on any atom is 0.129 e. The highest BCUT2D eigenvalue weighted by atomic mass is 35.5. The first kappa shape index (κ1) is 17.0. The third-order valence-corrected chi connectivity index (χ3v) is 5.00. The first-order chi connectivity index (χ1) is 12.5. The van der Waals surface area contributed by atoms with E-state index in [1.54, 1.807) is 6.20 Å². The molecule has 0 amide bonds. The lowest BCUT2D eigenvalue weighted by Gasteiger charge is -2.29. The number of nitrogens with two attached hydrogens (primary N) is 1. The molecule has 0 unspecified atom stereocenters. The molecule has 0 saturated carbocycles. The van der Waals surface area contributed by atoms with Gasteiger partial charge in [-0.2, -0.15) is 0 Å². The van der Waals surface area contributed by atoms with Crippen molar-refractivity contribution in [2.24, 2.45) is 5.73 Å². The molecule has 3 aromatic heterocycles. The molecule has 0 bridgehead atoms. The molecule has 0 aliphatic carbocycles. The van der Waals surface area contributed by atoms with E-state index in [2.05, 4.69) is 37.4 Å². The second-order valence-electron chi connectivity index (χ2n) is 6.67. The fraction of sp³-hybridized carbons (Fsp3) is 0.316. The molecule has 0 atom stereocenters. The van der Waals surface area contributed by atoms with Gasteiger partial charge in [0.05, 0.1) is 23.0 Å². The molecule has 134 valence electrons. The molecule has 0 fully saturated rings. The summed E-state index contributed by atoms with van der Waals surface area (Å²) in [5.41, 5.74) is 10.7. The van der Waals surface area contributed by atoms with Gasteiger partial charge in [-0.05, 0) is 31.0 Å². The zero-order valence-electron chi connectivity index (χ0n) is 14.9. The van der Waals surface area contributed by atoms with Crippen molar-refractivity contribution in [1.82, 2.24) is 19.5 Å². The molecule has 0 radical (unpaired) electrons. The van der Waals surface area contributed by atoms with Crippen molar-refractivity contribution in [2.45, 2.75) is 33.5 Å². The fourth-order valence-corrected chi connectivity index (χ4v) is 3.58. The summed E-state index contributed by atoms with van der Waals surface area (Å²) < 4.78 is 2.17. The van der Waals surface area contributed by atoms with Crippen LogP contribution in [-0.4, -0.2) is 26.1 Å². The quantitative estimate of drug-likeness (QED) is 0.769. The Labute approximate surface area is 157 Å². The molecule has 3 aromatic rings. The third-order valence-electron chi connectivity index (χ3n) is 4.70. The van der Waals surface area contributed by atoms with E-state index < -0.39 is 0 Å². The van der Waals surface area contributed by atoms with E-state index in [0.29, 0.717) is 18.1 Å². The highest BCUT2D eigenvalue weighted by Crippen LogP contribution is 2.32. The lowest BCUT2D eigenvalue weighted by molar-refractivity contribution is 0.556. The Balaban J connectivity index is 1.68. The van der Waals surface area contributed by atoms with Crippen molar-refractivity contribution < 1.29 is 0 Å². The molecule has 7 heteroatoms. The van der Waals surface area contributed by atoms with Crippen LogP contribution in [0.25, 0.3) is 11.3 Å². The summed E-state index contributed by atoms with van der Waals surface area (Å²) in [7, 11) is 0. The van der Waals surface area contributed by atoms with Gasteiger partial charge in [-0.15, -0.1) is 0 Å². The minimum absolute atomic E-state index is 0.460. The zero-order chi connectivity index (χ0) is 18.3. The normalized spacial score (nSPS) is 13.8. The summed E-state index contributed by atoms with van der Waals surface area (Å²) in [6.45, 7) is 6.98. The summed E-state index contributed by atoms with van der Waals surface area (Å²) in [5.74, 6) is 1.90. The minimum Gasteiger partial charge on any atom is -0.347 e. The maximum atomic E-state index is 6.43. The van der Waals surface area contributed by atoms with Gasteiger partial charge < -0.3 is 15.2 Å². The van der Waals surface area contributed by atoms with Crippen molar-refractivity contribution in [3.63, 3.8) is 0 Å². The zero-order valence-corrected chi connectivity index (χ0v) is 15.7. The first-order valence-electron chi connectivity index (χ1n) is 8.64. The molecule has 1 aliphatic rings. The van der Waals surface area contributed by atoms with Crippen molar-refractivity contribution in [2.75, 3.05) is 11.4 Å². The Morgan fingerprint density at radius 1 is 1.15 bits per heavy atom. The number of imidazole rings is 1. The molecule has 4 rings (SSSR count). The molecule has 26 heavy (non-hydrogen) atoms. The number of hydrogen-bond donors (Lipinski definition) is 1. The van der Waals surface area contributed by atoms with Crippen LogP contribution in [0.4, 0.5) is 5.82 Å². The predicted molar refractivity (Wildman–Crippen MR) is 103 cm³/mol. The van der Waals surface area contributed by atoms with Crippen molar-refractivity contribution in [1.29, 1.82) is 0 Å². The van der Waals surface area contributed by atoms with Crippen LogP contribution in [0.5, 0.6) is 0 Å². The van der Waals surface area contributed by atoms with Gasteiger partial charge in [0.15, 0.2) is 0 Å². The molecule has 0 spiro atoms. The van der Waals surface area contributed by atoms with E-state index in [9.17, 15) is 0 Å². The molecular weight excluding hydrogens is 348 g/mol. The molecule has 6 nitrogen and oxygen atoms in total. The number of hydrogen-bond acceptors (Lipinski definition) is 5. The van der Waals surface area contributed by atoms with Crippen molar-refractivity contribution >= 4 is 17.4 Å². The molecule has 1 aliphatic heterocycles. The van der Waals surface area contributed by atoms with Gasteiger partial charge in [0.1, 0.15) is 11.6 Å². The van der Waals surface area contributed by atoms with Crippen LogP contribution in [0.1, 0.15) is 22.6 Å². The van der Waals surface area contributed by atoms with E-state index in [1.165, 1.54) is 0 Å². The van der Waals surface area contributed by atoms with Gasteiger partial charge in [-0.25, -0.2) is 9.97 Å². The molecule has 0 aromatic carbocycles. The fourth-order valence-electron chi connectivity index (χ4n) is 3.38. The van der Waals surface area contributed by atoms with E-state index >= 15 is 0 Å². The standard InChI is InChI=1S/C19H21ClN6/c1-12-5-13(2)19(23-8-12)15-6-17(22-9-16(15)20)26-4-3-25-10-14(7-21)24-18(25)11-26/h5-6,8-10H,3-4,7,11,21H2,1-2H3. The van der Waals surface area contributed by atoms with Crippen molar-refractivity contribution in [3.05, 3.63) is 58.4 Å². The summed E-state index contributed by atoms with van der Waals surface area (Å²) in [5, 5.41) is 0.608. The van der Waals surface area contributed by atoms with E-state index in [-0.39, 0.29) is 0 Å². The summed E-state index contributed by atoms with van der Waals surface area (Å²) in [6, 6.07) is 4.14. The van der Waals surface area contributed by atoms with Crippen LogP contribution in [0.3, 0.4) is 0 Å². The average molecular weight is 369 g/mol. The largest absolute Gasteiger partial charge is 0.347 e. The summed E-state index contributed by atoms with van der Waals surface area (Å²) in [6.07, 6.45) is 5.61. The molecule has 0 saturated heterocycles. The Kier molecular flexibility index (Phi) is 4.38. The lowest BCUT2D eigenvalue weighted by Crippen LogP contribution is -2.34. The van der Waals surface area contributed by atoms with Gasteiger partial charge in [0, 0.05) is 43.8 Å². The Hall–Kier alpha value is -2.44. The lowest BCUT2D eigenvalue weighted by atomic mass is 10.1. The average Bonchev–Trinajstić information content (AvgIpc) is 3.05. The van der Waals surface area contributed by atoms with Gasteiger partial charge in [-0.1, -0.05) is 17.7 Å². The third kappa shape index (κ3) is 3.06. The number of halogens is 1. The molecule has 2 N–H and O–H groups in total. The van der Waals surface area contributed by atoms with Crippen LogP contribution in [0.15, 0.2) is 30.7 Å². The van der Waals surface area contributed by atoms with Crippen LogP contribution in [0.2, 0.25) is 5.02 Å². The van der Waals surface area contributed by atoms with Gasteiger partial charge in [-0.3, -0.25) is 4.98 Å². The van der Waals surface area contributed by atoms with Crippen LogP contribution >= 0.6 is 11.6 Å². The van der Waals surface area contributed by atoms with Gasteiger partial charge in [0.2, 0.25) is 0 Å².